The Hall–Kier alpha value is -1.46. The lowest BCUT2D eigenvalue weighted by molar-refractivity contribution is -0.132. The number of likely N-dealkylation sites (N-methyl/N-ethyl adjacent to an activating group) is 1. The van der Waals surface area contributed by atoms with Crippen LogP contribution < -0.4 is 15.2 Å². The second-order valence-corrected chi connectivity index (χ2v) is 5.70. The van der Waals surface area contributed by atoms with Crippen LogP contribution in [0.15, 0.2) is 24.3 Å². The van der Waals surface area contributed by atoms with Gasteiger partial charge in [0.1, 0.15) is 11.5 Å². The molecular formula is C17H29ClN2O3. The molecule has 0 saturated heterocycles. The standard InChI is InChI=1S/C17H28N2O3.ClH/c1-5-21-14-6-8-15(9-7-14)22-12-17(20)19(4)11-10-16(18)13(2)3;/h6-9,13,16H,5,10-12,18H2,1-4H3;1H. The first-order valence-electron chi connectivity index (χ1n) is 7.79. The molecule has 0 aliphatic rings. The molecule has 6 heteroatoms. The Labute approximate surface area is 145 Å². The molecule has 5 nitrogen and oxygen atoms in total. The Balaban J connectivity index is 0.00000484. The molecule has 0 bridgehead atoms. The van der Waals surface area contributed by atoms with E-state index in [1.165, 1.54) is 0 Å². The SMILES string of the molecule is CCOc1ccc(OCC(=O)N(C)CCC(N)C(C)C)cc1.Cl. The fourth-order valence-corrected chi connectivity index (χ4v) is 1.85. The predicted octanol–water partition coefficient (Wildman–Crippen LogP) is 2.72. The molecular weight excluding hydrogens is 316 g/mol. The van der Waals surface area contributed by atoms with Gasteiger partial charge in [-0.1, -0.05) is 13.8 Å². The highest BCUT2D eigenvalue weighted by molar-refractivity contribution is 5.85. The Morgan fingerprint density at radius 2 is 1.70 bits per heavy atom. The molecule has 1 atom stereocenters. The largest absolute Gasteiger partial charge is 0.494 e. The lowest BCUT2D eigenvalue weighted by Gasteiger charge is -2.21. The van der Waals surface area contributed by atoms with Crippen molar-refractivity contribution in [3.05, 3.63) is 24.3 Å². The van der Waals surface area contributed by atoms with Crippen LogP contribution in [0.5, 0.6) is 11.5 Å². The molecule has 0 heterocycles. The molecule has 0 fully saturated rings. The normalized spacial score (nSPS) is 11.6. The van der Waals surface area contributed by atoms with E-state index >= 15 is 0 Å². The van der Waals surface area contributed by atoms with E-state index in [1.807, 2.05) is 19.1 Å². The van der Waals surface area contributed by atoms with Crippen LogP contribution in [0.3, 0.4) is 0 Å². The number of hydrogen-bond donors (Lipinski definition) is 1. The summed E-state index contributed by atoms with van der Waals surface area (Å²) in [4.78, 5) is 13.7. The fourth-order valence-electron chi connectivity index (χ4n) is 1.85. The zero-order chi connectivity index (χ0) is 16.5. The third-order valence-corrected chi connectivity index (χ3v) is 3.58. The quantitative estimate of drug-likeness (QED) is 0.748. The van der Waals surface area contributed by atoms with E-state index in [0.29, 0.717) is 24.8 Å². The third kappa shape index (κ3) is 8.09. The number of rotatable bonds is 9. The molecule has 0 aliphatic heterocycles. The summed E-state index contributed by atoms with van der Waals surface area (Å²) in [6.07, 6.45) is 0.795. The lowest BCUT2D eigenvalue weighted by atomic mass is 10.0. The Morgan fingerprint density at radius 1 is 1.17 bits per heavy atom. The summed E-state index contributed by atoms with van der Waals surface area (Å²) in [5, 5.41) is 0. The Kier molecular flexibility index (Phi) is 10.4. The van der Waals surface area contributed by atoms with E-state index in [9.17, 15) is 4.79 Å². The van der Waals surface area contributed by atoms with Gasteiger partial charge in [0.2, 0.25) is 0 Å². The van der Waals surface area contributed by atoms with Crippen LogP contribution in [-0.2, 0) is 4.79 Å². The Bertz CT molecular complexity index is 452. The predicted molar refractivity (Wildman–Crippen MR) is 95.4 cm³/mol. The maximum absolute atomic E-state index is 12.0. The summed E-state index contributed by atoms with van der Waals surface area (Å²) in [5.41, 5.74) is 5.99. The second kappa shape index (κ2) is 11.1. The van der Waals surface area contributed by atoms with Gasteiger partial charge in [-0.15, -0.1) is 12.4 Å². The molecule has 1 amide bonds. The van der Waals surface area contributed by atoms with Crippen LogP contribution in [0.1, 0.15) is 27.2 Å². The van der Waals surface area contributed by atoms with Gasteiger partial charge in [0.25, 0.3) is 5.91 Å². The molecule has 132 valence electrons. The van der Waals surface area contributed by atoms with E-state index in [-0.39, 0.29) is 31.0 Å². The van der Waals surface area contributed by atoms with Crippen molar-refractivity contribution in [2.24, 2.45) is 11.7 Å². The molecule has 23 heavy (non-hydrogen) atoms. The number of amides is 1. The van der Waals surface area contributed by atoms with Crippen LogP contribution >= 0.6 is 12.4 Å². The van der Waals surface area contributed by atoms with Crippen LogP contribution in [0.4, 0.5) is 0 Å². The van der Waals surface area contributed by atoms with E-state index in [0.717, 1.165) is 12.2 Å². The highest BCUT2D eigenvalue weighted by Crippen LogP contribution is 2.17. The smallest absolute Gasteiger partial charge is 0.260 e. The molecule has 0 radical (unpaired) electrons. The number of nitrogens with zero attached hydrogens (tertiary/aromatic N) is 1. The lowest BCUT2D eigenvalue weighted by Crippen LogP contribution is -2.36. The minimum atomic E-state index is -0.0511. The van der Waals surface area contributed by atoms with Crippen molar-refractivity contribution in [3.8, 4) is 11.5 Å². The van der Waals surface area contributed by atoms with Gasteiger partial charge >= 0.3 is 0 Å². The highest BCUT2D eigenvalue weighted by Gasteiger charge is 2.13. The molecule has 0 saturated carbocycles. The fraction of sp³-hybridized carbons (Fsp3) is 0.588. The van der Waals surface area contributed by atoms with Crippen LogP contribution in [0, 0.1) is 5.92 Å². The second-order valence-electron chi connectivity index (χ2n) is 5.70. The monoisotopic (exact) mass is 344 g/mol. The van der Waals surface area contributed by atoms with Crippen molar-refractivity contribution in [1.82, 2.24) is 4.90 Å². The molecule has 0 spiro atoms. The maximum Gasteiger partial charge on any atom is 0.260 e. The van der Waals surface area contributed by atoms with Crippen molar-refractivity contribution < 1.29 is 14.3 Å². The van der Waals surface area contributed by atoms with E-state index in [1.54, 1.807) is 24.1 Å². The number of halogens is 1. The molecule has 1 aromatic rings. The summed E-state index contributed by atoms with van der Waals surface area (Å²) in [6, 6.07) is 7.37. The summed E-state index contributed by atoms with van der Waals surface area (Å²) in [5.74, 6) is 1.82. The van der Waals surface area contributed by atoms with Crippen molar-refractivity contribution in [2.45, 2.75) is 33.2 Å². The number of benzene rings is 1. The van der Waals surface area contributed by atoms with Crippen molar-refractivity contribution >= 4 is 18.3 Å². The third-order valence-electron chi connectivity index (χ3n) is 3.58. The first kappa shape index (κ1) is 21.5. The zero-order valence-electron chi connectivity index (χ0n) is 14.5. The summed E-state index contributed by atoms with van der Waals surface area (Å²) in [7, 11) is 1.77. The van der Waals surface area contributed by atoms with E-state index < -0.39 is 0 Å². The average Bonchev–Trinajstić information content (AvgIpc) is 2.51. The zero-order valence-corrected chi connectivity index (χ0v) is 15.3. The summed E-state index contributed by atoms with van der Waals surface area (Å²) < 4.78 is 10.9. The number of nitrogens with two attached hydrogens (primary N) is 1. The van der Waals surface area contributed by atoms with Crippen LogP contribution in [-0.4, -0.2) is 43.7 Å². The highest BCUT2D eigenvalue weighted by atomic mass is 35.5. The van der Waals surface area contributed by atoms with E-state index in [2.05, 4.69) is 13.8 Å². The van der Waals surface area contributed by atoms with Gasteiger partial charge in [0.15, 0.2) is 6.61 Å². The number of carbonyl (C=O) groups excluding carboxylic acids is 1. The Morgan fingerprint density at radius 3 is 2.17 bits per heavy atom. The molecule has 1 unspecified atom stereocenters. The van der Waals surface area contributed by atoms with Crippen molar-refractivity contribution in [3.63, 3.8) is 0 Å². The minimum Gasteiger partial charge on any atom is -0.494 e. The van der Waals surface area contributed by atoms with Crippen molar-refractivity contribution in [1.29, 1.82) is 0 Å². The molecule has 1 rings (SSSR count). The molecule has 0 aliphatic carbocycles. The van der Waals surface area contributed by atoms with Gasteiger partial charge in [-0.05, 0) is 43.5 Å². The number of carbonyl (C=O) groups is 1. The topological polar surface area (TPSA) is 64.8 Å². The van der Waals surface area contributed by atoms with Crippen LogP contribution in [0.2, 0.25) is 0 Å². The van der Waals surface area contributed by atoms with Gasteiger partial charge in [-0.2, -0.15) is 0 Å². The molecule has 2 N–H and O–H groups in total. The van der Waals surface area contributed by atoms with E-state index in [4.69, 9.17) is 15.2 Å². The number of ether oxygens (including phenoxy) is 2. The number of hydrogen-bond acceptors (Lipinski definition) is 4. The summed E-state index contributed by atoms with van der Waals surface area (Å²) >= 11 is 0. The van der Waals surface area contributed by atoms with Gasteiger partial charge in [-0.25, -0.2) is 0 Å². The first-order valence-corrected chi connectivity index (χ1v) is 7.79. The van der Waals surface area contributed by atoms with Gasteiger partial charge in [-0.3, -0.25) is 4.79 Å². The van der Waals surface area contributed by atoms with Crippen LogP contribution in [0.25, 0.3) is 0 Å². The minimum absolute atomic E-state index is 0. The maximum atomic E-state index is 12.0. The molecule has 0 aromatic heterocycles. The summed E-state index contributed by atoms with van der Waals surface area (Å²) in [6.45, 7) is 7.40. The van der Waals surface area contributed by atoms with Gasteiger partial charge < -0.3 is 20.1 Å². The average molecular weight is 345 g/mol. The van der Waals surface area contributed by atoms with Gasteiger partial charge in [0.05, 0.1) is 6.61 Å². The first-order chi connectivity index (χ1) is 10.4. The molecule has 1 aromatic carbocycles. The van der Waals surface area contributed by atoms with Gasteiger partial charge in [0, 0.05) is 19.6 Å². The van der Waals surface area contributed by atoms with Crippen molar-refractivity contribution in [2.75, 3.05) is 26.8 Å².